The van der Waals surface area contributed by atoms with Crippen molar-refractivity contribution in [3.05, 3.63) is 23.5 Å². The Kier molecular flexibility index (Phi) is 4.64. The first-order valence-corrected chi connectivity index (χ1v) is 6.46. The highest BCUT2D eigenvalue weighted by Gasteiger charge is 2.37. The Morgan fingerprint density at radius 1 is 1.48 bits per heavy atom. The molecule has 0 aromatic heterocycles. The zero-order chi connectivity index (χ0) is 15.5. The fraction of sp³-hybridized carbons (Fsp3) is 0.571. The fourth-order valence-corrected chi connectivity index (χ4v) is 2.17. The Morgan fingerprint density at radius 3 is 2.90 bits per heavy atom. The zero-order valence-electron chi connectivity index (χ0n) is 12.2. The van der Waals surface area contributed by atoms with E-state index < -0.39 is 23.6 Å². The second-order valence-corrected chi connectivity index (χ2v) is 4.95. The molecule has 1 heterocycles. The van der Waals surface area contributed by atoms with Gasteiger partial charge in [-0.2, -0.15) is 0 Å². The Bertz CT molecular complexity index is 494. The lowest BCUT2D eigenvalue weighted by Gasteiger charge is -2.23. The second-order valence-electron chi connectivity index (χ2n) is 4.95. The molecular formula is C14H18O7. The minimum atomic E-state index is -0.750. The van der Waals surface area contributed by atoms with Gasteiger partial charge in [-0.15, -0.1) is 0 Å². The van der Waals surface area contributed by atoms with Gasteiger partial charge >= 0.3 is 11.9 Å². The maximum Gasteiger partial charge on any atom is 0.349 e. The van der Waals surface area contributed by atoms with Crippen molar-refractivity contribution in [2.75, 3.05) is 27.6 Å². The largest absolute Gasteiger partial charge is 0.496 e. The third-order valence-corrected chi connectivity index (χ3v) is 3.30. The monoisotopic (exact) mass is 298 g/mol. The van der Waals surface area contributed by atoms with Crippen LogP contribution < -0.4 is 0 Å². The van der Waals surface area contributed by atoms with Crippen LogP contribution in [-0.2, 0) is 33.3 Å². The second kappa shape index (κ2) is 6.28. The van der Waals surface area contributed by atoms with E-state index in [4.69, 9.17) is 23.7 Å². The van der Waals surface area contributed by atoms with E-state index in [-0.39, 0.29) is 24.7 Å². The van der Waals surface area contributed by atoms with E-state index in [2.05, 4.69) is 0 Å². The van der Waals surface area contributed by atoms with Crippen LogP contribution in [0.15, 0.2) is 23.5 Å². The molecule has 2 aliphatic rings. The molecule has 0 aromatic rings. The third-order valence-electron chi connectivity index (χ3n) is 3.30. The quantitative estimate of drug-likeness (QED) is 0.309. The minimum absolute atomic E-state index is 0.0467. The number of rotatable bonds is 6. The average molecular weight is 298 g/mol. The van der Waals surface area contributed by atoms with Crippen molar-refractivity contribution in [1.82, 2.24) is 0 Å². The zero-order valence-corrected chi connectivity index (χ0v) is 12.2. The van der Waals surface area contributed by atoms with E-state index in [1.807, 2.05) is 13.0 Å². The van der Waals surface area contributed by atoms with E-state index in [1.54, 1.807) is 6.08 Å². The summed E-state index contributed by atoms with van der Waals surface area (Å²) in [5.41, 5.74) is -0.743. The van der Waals surface area contributed by atoms with Crippen LogP contribution in [0.4, 0.5) is 0 Å². The van der Waals surface area contributed by atoms with Crippen LogP contribution in [0.1, 0.15) is 13.3 Å². The summed E-state index contributed by atoms with van der Waals surface area (Å²) in [5.74, 6) is -1.29. The van der Waals surface area contributed by atoms with Gasteiger partial charge in [-0.3, -0.25) is 0 Å². The molecule has 21 heavy (non-hydrogen) atoms. The maximum atomic E-state index is 12.0. The Balaban J connectivity index is 1.96. The summed E-state index contributed by atoms with van der Waals surface area (Å²) in [5, 5.41) is 0. The topological polar surface area (TPSA) is 80.3 Å². The summed E-state index contributed by atoms with van der Waals surface area (Å²) in [6, 6.07) is 0. The smallest absolute Gasteiger partial charge is 0.349 e. The number of carbonyl (C=O) groups is 2. The summed E-state index contributed by atoms with van der Waals surface area (Å²) < 4.78 is 25.4. The van der Waals surface area contributed by atoms with Gasteiger partial charge in [0.05, 0.1) is 12.7 Å². The standard InChI is InChI=1S/C14H18O7/c1-14(20-8-17-2)5-4-9(6-14)21-13(16)11-10(18-3)7-19-12(11)15/h4-5,9H,6-8H2,1-3H3/t9-,14-/m1/s1. The molecule has 0 aromatic carbocycles. The third kappa shape index (κ3) is 3.43. The van der Waals surface area contributed by atoms with E-state index >= 15 is 0 Å². The van der Waals surface area contributed by atoms with Gasteiger partial charge in [-0.05, 0) is 13.0 Å². The summed E-state index contributed by atoms with van der Waals surface area (Å²) in [6.45, 7) is 1.96. The molecule has 0 saturated heterocycles. The van der Waals surface area contributed by atoms with E-state index in [9.17, 15) is 9.59 Å². The highest BCUT2D eigenvalue weighted by molar-refractivity contribution is 6.15. The summed E-state index contributed by atoms with van der Waals surface area (Å²) >= 11 is 0. The first-order chi connectivity index (χ1) is 9.99. The molecule has 116 valence electrons. The van der Waals surface area contributed by atoms with Crippen LogP contribution in [0.3, 0.4) is 0 Å². The first kappa shape index (κ1) is 15.5. The average Bonchev–Trinajstić information content (AvgIpc) is 3.00. The molecule has 0 radical (unpaired) electrons. The lowest BCUT2D eigenvalue weighted by atomic mass is 10.1. The fourth-order valence-electron chi connectivity index (χ4n) is 2.17. The van der Waals surface area contributed by atoms with Crippen LogP contribution in [0.25, 0.3) is 0 Å². The molecule has 0 bridgehead atoms. The number of hydrogen-bond acceptors (Lipinski definition) is 7. The van der Waals surface area contributed by atoms with Gasteiger partial charge in [0, 0.05) is 13.5 Å². The van der Waals surface area contributed by atoms with Gasteiger partial charge < -0.3 is 23.7 Å². The summed E-state index contributed by atoms with van der Waals surface area (Å²) in [7, 11) is 2.90. The number of carbonyl (C=O) groups excluding carboxylic acids is 2. The van der Waals surface area contributed by atoms with Gasteiger partial charge in [-0.25, -0.2) is 9.59 Å². The van der Waals surface area contributed by atoms with Crippen molar-refractivity contribution < 1.29 is 33.3 Å². The molecule has 0 unspecified atom stereocenters. The highest BCUT2D eigenvalue weighted by atomic mass is 16.7. The molecule has 2 atom stereocenters. The molecule has 1 aliphatic carbocycles. The molecule has 0 spiro atoms. The van der Waals surface area contributed by atoms with Crippen molar-refractivity contribution in [3.8, 4) is 0 Å². The molecule has 1 aliphatic heterocycles. The normalized spacial score (nSPS) is 28.0. The van der Waals surface area contributed by atoms with Crippen molar-refractivity contribution >= 4 is 11.9 Å². The van der Waals surface area contributed by atoms with Gasteiger partial charge in [0.15, 0.2) is 11.3 Å². The van der Waals surface area contributed by atoms with E-state index in [1.165, 1.54) is 14.2 Å². The predicted octanol–water partition coefficient (Wildman–Crippen LogP) is 0.695. The van der Waals surface area contributed by atoms with Crippen LogP contribution in [0, 0.1) is 0 Å². The lowest BCUT2D eigenvalue weighted by molar-refractivity contribution is -0.149. The van der Waals surface area contributed by atoms with E-state index in [0.29, 0.717) is 6.42 Å². The molecule has 0 N–H and O–H groups in total. The highest BCUT2D eigenvalue weighted by Crippen LogP contribution is 2.29. The molecule has 7 heteroatoms. The Labute approximate surface area is 122 Å². The number of methoxy groups -OCH3 is 2. The van der Waals surface area contributed by atoms with Crippen molar-refractivity contribution in [2.45, 2.75) is 25.0 Å². The minimum Gasteiger partial charge on any atom is -0.496 e. The van der Waals surface area contributed by atoms with Gasteiger partial charge in [0.2, 0.25) is 0 Å². The summed E-state index contributed by atoms with van der Waals surface area (Å²) in [4.78, 5) is 23.6. The Morgan fingerprint density at radius 2 is 2.24 bits per heavy atom. The number of esters is 2. The molecule has 0 saturated carbocycles. The number of ether oxygens (including phenoxy) is 5. The molecule has 2 rings (SSSR count). The van der Waals surface area contributed by atoms with Crippen molar-refractivity contribution in [1.29, 1.82) is 0 Å². The van der Waals surface area contributed by atoms with E-state index in [0.717, 1.165) is 0 Å². The molecular weight excluding hydrogens is 280 g/mol. The number of hydrogen-bond donors (Lipinski definition) is 0. The molecule has 7 nitrogen and oxygen atoms in total. The molecule has 0 fully saturated rings. The van der Waals surface area contributed by atoms with Gasteiger partial charge in [0.1, 0.15) is 19.5 Å². The van der Waals surface area contributed by atoms with Crippen molar-refractivity contribution in [3.63, 3.8) is 0 Å². The predicted molar refractivity (Wildman–Crippen MR) is 70.0 cm³/mol. The molecule has 0 amide bonds. The lowest BCUT2D eigenvalue weighted by Crippen LogP contribution is -2.29. The SMILES string of the molecule is COCO[C@]1(C)C=C[C@@H](OC(=O)C2=C(OC)COC2=O)C1. The van der Waals surface area contributed by atoms with Crippen LogP contribution in [0.5, 0.6) is 0 Å². The van der Waals surface area contributed by atoms with Crippen LogP contribution in [-0.4, -0.2) is 51.3 Å². The van der Waals surface area contributed by atoms with Crippen LogP contribution in [0.2, 0.25) is 0 Å². The van der Waals surface area contributed by atoms with Gasteiger partial charge in [0.25, 0.3) is 0 Å². The summed E-state index contributed by atoms with van der Waals surface area (Å²) in [6.07, 6.45) is 3.51. The Hall–Kier alpha value is -1.86. The van der Waals surface area contributed by atoms with Crippen molar-refractivity contribution in [2.24, 2.45) is 0 Å². The maximum absolute atomic E-state index is 12.0. The van der Waals surface area contributed by atoms with Gasteiger partial charge in [-0.1, -0.05) is 6.08 Å². The first-order valence-electron chi connectivity index (χ1n) is 6.46. The number of cyclic esters (lactones) is 1. The van der Waals surface area contributed by atoms with Crippen LogP contribution >= 0.6 is 0 Å².